The van der Waals surface area contributed by atoms with E-state index >= 15 is 0 Å². The van der Waals surface area contributed by atoms with Crippen molar-refractivity contribution in [2.75, 3.05) is 6.61 Å². The fourth-order valence-electron chi connectivity index (χ4n) is 3.10. The van der Waals surface area contributed by atoms with E-state index in [1.807, 2.05) is 43.3 Å². The third kappa shape index (κ3) is 3.02. The molecule has 110 valence electrons. The number of rotatable bonds is 5. The standard InChI is InChI=1S/C18H20O3/c1-2-20-16-12-17(15-10-6-9-14(15)16)21-18(19)11-13-7-4-3-5-8-13/h3-5,7-8,12,14H,2,6,9-11H2,1H3/t14-/m1/s1. The number of hydrogen-bond donors (Lipinski definition) is 0. The van der Waals surface area contributed by atoms with E-state index in [1.54, 1.807) is 0 Å². The molecule has 21 heavy (non-hydrogen) atoms. The second-order valence-electron chi connectivity index (χ2n) is 5.45. The molecular formula is C18H20O3. The Hall–Kier alpha value is -2.03. The number of allylic oxidation sites excluding steroid dienone is 2. The first kappa shape index (κ1) is 13.9. The van der Waals surface area contributed by atoms with E-state index in [4.69, 9.17) is 9.47 Å². The van der Waals surface area contributed by atoms with Crippen LogP contribution in [0.25, 0.3) is 0 Å². The highest BCUT2D eigenvalue weighted by Crippen LogP contribution is 2.44. The van der Waals surface area contributed by atoms with Crippen LogP contribution in [-0.4, -0.2) is 12.6 Å². The summed E-state index contributed by atoms with van der Waals surface area (Å²) in [5, 5.41) is 0. The van der Waals surface area contributed by atoms with Gasteiger partial charge in [0.2, 0.25) is 0 Å². The minimum absolute atomic E-state index is 0.205. The zero-order valence-corrected chi connectivity index (χ0v) is 12.3. The van der Waals surface area contributed by atoms with Gasteiger partial charge in [-0.25, -0.2) is 0 Å². The van der Waals surface area contributed by atoms with Gasteiger partial charge in [0.1, 0.15) is 11.5 Å². The summed E-state index contributed by atoms with van der Waals surface area (Å²) in [5.41, 5.74) is 2.21. The lowest BCUT2D eigenvalue weighted by atomic mass is 10.1. The summed E-state index contributed by atoms with van der Waals surface area (Å²) < 4.78 is 11.3. The Kier molecular flexibility index (Phi) is 4.09. The molecule has 1 saturated carbocycles. The summed E-state index contributed by atoms with van der Waals surface area (Å²) >= 11 is 0. The SMILES string of the molecule is CCOC1=CC(OC(=O)Cc2ccccc2)=C2CCC[C@@H]12. The fourth-order valence-corrected chi connectivity index (χ4v) is 3.10. The molecule has 2 aliphatic rings. The Balaban J connectivity index is 1.69. The first-order chi connectivity index (χ1) is 10.3. The van der Waals surface area contributed by atoms with Crippen LogP contribution in [0.2, 0.25) is 0 Å². The quantitative estimate of drug-likeness (QED) is 0.772. The highest BCUT2D eigenvalue weighted by atomic mass is 16.5. The Morgan fingerprint density at radius 3 is 2.86 bits per heavy atom. The number of esters is 1. The van der Waals surface area contributed by atoms with Crippen LogP contribution in [0.15, 0.2) is 53.5 Å². The highest BCUT2D eigenvalue weighted by molar-refractivity contribution is 5.74. The van der Waals surface area contributed by atoms with Crippen LogP contribution in [0.3, 0.4) is 0 Å². The molecule has 0 spiro atoms. The van der Waals surface area contributed by atoms with Crippen molar-refractivity contribution in [2.45, 2.75) is 32.6 Å². The molecule has 3 heteroatoms. The van der Waals surface area contributed by atoms with E-state index in [-0.39, 0.29) is 5.97 Å². The molecule has 1 atom stereocenters. The minimum atomic E-state index is -0.205. The molecular weight excluding hydrogens is 264 g/mol. The van der Waals surface area contributed by atoms with E-state index in [1.165, 1.54) is 5.57 Å². The summed E-state index contributed by atoms with van der Waals surface area (Å²) in [6, 6.07) is 9.68. The first-order valence-electron chi connectivity index (χ1n) is 7.60. The zero-order valence-electron chi connectivity index (χ0n) is 12.3. The summed E-state index contributed by atoms with van der Waals surface area (Å²) in [7, 11) is 0. The third-order valence-electron chi connectivity index (χ3n) is 4.02. The number of benzene rings is 1. The molecule has 3 nitrogen and oxygen atoms in total. The van der Waals surface area contributed by atoms with Crippen molar-refractivity contribution in [3.05, 3.63) is 59.1 Å². The second-order valence-corrected chi connectivity index (χ2v) is 5.45. The predicted octanol–water partition coefficient (Wildman–Crippen LogP) is 3.76. The smallest absolute Gasteiger partial charge is 0.315 e. The van der Waals surface area contributed by atoms with Crippen molar-refractivity contribution in [2.24, 2.45) is 5.92 Å². The Bertz CT molecular complexity index is 584. The Labute approximate surface area is 125 Å². The monoisotopic (exact) mass is 284 g/mol. The molecule has 0 aromatic heterocycles. The van der Waals surface area contributed by atoms with Crippen LogP contribution < -0.4 is 0 Å². The Morgan fingerprint density at radius 1 is 1.29 bits per heavy atom. The van der Waals surface area contributed by atoms with Gasteiger partial charge in [-0.2, -0.15) is 0 Å². The van der Waals surface area contributed by atoms with Crippen molar-refractivity contribution >= 4 is 5.97 Å². The number of hydrogen-bond acceptors (Lipinski definition) is 3. The molecule has 1 aromatic rings. The van der Waals surface area contributed by atoms with Gasteiger partial charge >= 0.3 is 5.97 Å². The van der Waals surface area contributed by atoms with Gasteiger partial charge in [0.15, 0.2) is 0 Å². The molecule has 2 aliphatic carbocycles. The number of carbonyl (C=O) groups is 1. The van der Waals surface area contributed by atoms with Crippen LogP contribution in [0.4, 0.5) is 0 Å². The maximum atomic E-state index is 12.1. The number of fused-ring (bicyclic) bond motifs is 1. The summed E-state index contributed by atoms with van der Waals surface area (Å²) in [6.45, 7) is 2.63. The molecule has 0 aliphatic heterocycles. The van der Waals surface area contributed by atoms with Gasteiger partial charge in [0.25, 0.3) is 0 Å². The molecule has 0 amide bonds. The minimum Gasteiger partial charge on any atom is -0.497 e. The van der Waals surface area contributed by atoms with E-state index < -0.39 is 0 Å². The lowest BCUT2D eigenvalue weighted by molar-refractivity contribution is -0.138. The normalized spacial score (nSPS) is 20.2. The molecule has 0 unspecified atom stereocenters. The van der Waals surface area contributed by atoms with Crippen molar-refractivity contribution in [1.82, 2.24) is 0 Å². The lowest BCUT2D eigenvalue weighted by Gasteiger charge is -2.11. The van der Waals surface area contributed by atoms with Gasteiger partial charge in [0, 0.05) is 12.0 Å². The van der Waals surface area contributed by atoms with E-state index in [0.717, 1.165) is 36.3 Å². The van der Waals surface area contributed by atoms with Crippen LogP contribution >= 0.6 is 0 Å². The number of ether oxygens (including phenoxy) is 2. The first-order valence-corrected chi connectivity index (χ1v) is 7.60. The zero-order chi connectivity index (χ0) is 14.7. The van der Waals surface area contributed by atoms with Crippen molar-refractivity contribution in [1.29, 1.82) is 0 Å². The maximum Gasteiger partial charge on any atom is 0.315 e. The van der Waals surface area contributed by atoms with Gasteiger partial charge in [-0.3, -0.25) is 4.79 Å². The van der Waals surface area contributed by atoms with Gasteiger partial charge in [-0.1, -0.05) is 30.3 Å². The van der Waals surface area contributed by atoms with Crippen LogP contribution in [-0.2, 0) is 20.7 Å². The average Bonchev–Trinajstić information content (AvgIpc) is 3.06. The molecule has 1 fully saturated rings. The molecule has 0 N–H and O–H groups in total. The fraction of sp³-hybridized carbons (Fsp3) is 0.389. The van der Waals surface area contributed by atoms with Crippen molar-refractivity contribution in [3.63, 3.8) is 0 Å². The van der Waals surface area contributed by atoms with Crippen LogP contribution in [0.1, 0.15) is 31.7 Å². The van der Waals surface area contributed by atoms with Crippen LogP contribution in [0.5, 0.6) is 0 Å². The van der Waals surface area contributed by atoms with Gasteiger partial charge < -0.3 is 9.47 Å². The van der Waals surface area contributed by atoms with Crippen molar-refractivity contribution < 1.29 is 14.3 Å². The molecule has 0 radical (unpaired) electrons. The van der Waals surface area contributed by atoms with E-state index in [0.29, 0.717) is 18.9 Å². The number of carbonyl (C=O) groups excluding carboxylic acids is 1. The molecule has 0 heterocycles. The van der Waals surface area contributed by atoms with E-state index in [9.17, 15) is 4.79 Å². The van der Waals surface area contributed by atoms with Gasteiger partial charge in [-0.05, 0) is 37.3 Å². The maximum absolute atomic E-state index is 12.1. The third-order valence-corrected chi connectivity index (χ3v) is 4.02. The summed E-state index contributed by atoms with van der Waals surface area (Å²) in [6.07, 6.45) is 5.46. The average molecular weight is 284 g/mol. The lowest BCUT2D eigenvalue weighted by Crippen LogP contribution is -2.07. The second kappa shape index (κ2) is 6.17. The summed E-state index contributed by atoms with van der Waals surface area (Å²) in [4.78, 5) is 12.1. The van der Waals surface area contributed by atoms with Gasteiger partial charge in [-0.15, -0.1) is 0 Å². The molecule has 0 saturated heterocycles. The largest absolute Gasteiger partial charge is 0.497 e. The summed E-state index contributed by atoms with van der Waals surface area (Å²) in [5.74, 6) is 1.82. The van der Waals surface area contributed by atoms with Crippen molar-refractivity contribution in [3.8, 4) is 0 Å². The molecule has 1 aromatic carbocycles. The molecule has 0 bridgehead atoms. The predicted molar refractivity (Wildman–Crippen MR) is 80.3 cm³/mol. The van der Waals surface area contributed by atoms with Crippen LogP contribution in [0, 0.1) is 5.92 Å². The highest BCUT2D eigenvalue weighted by Gasteiger charge is 2.34. The van der Waals surface area contributed by atoms with E-state index in [2.05, 4.69) is 0 Å². The Morgan fingerprint density at radius 2 is 2.10 bits per heavy atom. The molecule has 3 rings (SSSR count). The topological polar surface area (TPSA) is 35.5 Å². The van der Waals surface area contributed by atoms with Gasteiger partial charge in [0.05, 0.1) is 13.0 Å².